The summed E-state index contributed by atoms with van der Waals surface area (Å²) in [6.45, 7) is 1.46. The van der Waals surface area contributed by atoms with E-state index in [0.29, 0.717) is 6.07 Å². The van der Waals surface area contributed by atoms with Gasteiger partial charge >= 0.3 is 6.18 Å². The Labute approximate surface area is 124 Å². The number of nitrogens with one attached hydrogen (secondary N) is 1. The second-order valence-corrected chi connectivity index (χ2v) is 6.24. The van der Waals surface area contributed by atoms with Gasteiger partial charge in [0.25, 0.3) is 10.0 Å². The molecule has 0 radical (unpaired) electrons. The molecule has 0 bridgehead atoms. The van der Waals surface area contributed by atoms with Gasteiger partial charge in [0.1, 0.15) is 5.82 Å². The van der Waals surface area contributed by atoms with Crippen molar-refractivity contribution < 1.29 is 26.0 Å². The van der Waals surface area contributed by atoms with Gasteiger partial charge in [-0.1, -0.05) is 12.1 Å². The van der Waals surface area contributed by atoms with Crippen LogP contribution in [0, 0.1) is 12.7 Å². The van der Waals surface area contributed by atoms with Gasteiger partial charge in [-0.3, -0.25) is 4.72 Å². The number of anilines is 1. The lowest BCUT2D eigenvalue weighted by atomic mass is 10.2. The zero-order valence-corrected chi connectivity index (χ0v) is 12.1. The number of hydrogen-bond acceptors (Lipinski definition) is 2. The molecule has 0 heterocycles. The lowest BCUT2D eigenvalue weighted by Gasteiger charge is -2.12. The Morgan fingerprint density at radius 1 is 1.05 bits per heavy atom. The van der Waals surface area contributed by atoms with E-state index < -0.39 is 27.6 Å². The molecule has 2 aromatic rings. The predicted octanol–water partition coefficient (Wildman–Crippen LogP) is 3.95. The molecule has 0 saturated carbocycles. The van der Waals surface area contributed by atoms with Gasteiger partial charge in [0.2, 0.25) is 0 Å². The topological polar surface area (TPSA) is 46.2 Å². The lowest BCUT2D eigenvalue weighted by Crippen LogP contribution is -2.15. The van der Waals surface area contributed by atoms with Crippen molar-refractivity contribution in [2.45, 2.75) is 18.0 Å². The highest BCUT2D eigenvalue weighted by Crippen LogP contribution is 2.31. The summed E-state index contributed by atoms with van der Waals surface area (Å²) < 4.78 is 77.4. The van der Waals surface area contributed by atoms with Crippen LogP contribution in [0.3, 0.4) is 0 Å². The van der Waals surface area contributed by atoms with Gasteiger partial charge in [0.05, 0.1) is 10.5 Å². The van der Waals surface area contributed by atoms with E-state index in [1.165, 1.54) is 19.1 Å². The lowest BCUT2D eigenvalue weighted by molar-refractivity contribution is -0.137. The molecule has 0 fully saturated rings. The standard InChI is InChI=1S/C14H11F4NO2S/c1-9-5-6-11(15)8-13(9)22(20,21)19-12-4-2-3-10(7-12)14(16,17)18/h2-8,19H,1H3. The Kier molecular flexibility index (Phi) is 4.15. The van der Waals surface area contributed by atoms with Gasteiger partial charge in [-0.15, -0.1) is 0 Å². The van der Waals surface area contributed by atoms with Crippen LogP contribution in [0.15, 0.2) is 47.4 Å². The Morgan fingerprint density at radius 2 is 1.73 bits per heavy atom. The Bertz CT molecular complexity index is 801. The van der Waals surface area contributed by atoms with Crippen LogP contribution in [0.4, 0.5) is 23.2 Å². The van der Waals surface area contributed by atoms with Gasteiger partial charge in [-0.05, 0) is 42.8 Å². The van der Waals surface area contributed by atoms with E-state index in [4.69, 9.17) is 0 Å². The molecule has 0 unspecified atom stereocenters. The molecule has 3 nitrogen and oxygen atoms in total. The van der Waals surface area contributed by atoms with Crippen molar-refractivity contribution in [3.05, 3.63) is 59.4 Å². The third-order valence-corrected chi connectivity index (χ3v) is 4.41. The quantitative estimate of drug-likeness (QED) is 0.865. The molecule has 0 amide bonds. The smallest absolute Gasteiger partial charge is 0.280 e. The molecule has 8 heteroatoms. The first kappa shape index (κ1) is 16.3. The van der Waals surface area contributed by atoms with Crippen molar-refractivity contribution in [1.82, 2.24) is 0 Å². The van der Waals surface area contributed by atoms with Gasteiger partial charge < -0.3 is 0 Å². The second-order valence-electron chi connectivity index (χ2n) is 4.59. The molecule has 0 spiro atoms. The van der Waals surface area contributed by atoms with E-state index in [-0.39, 0.29) is 16.1 Å². The fourth-order valence-corrected chi connectivity index (χ4v) is 3.14. The molecule has 0 saturated heterocycles. The number of aryl methyl sites for hydroxylation is 1. The average molecular weight is 333 g/mol. The Hall–Kier alpha value is -2.09. The summed E-state index contributed by atoms with van der Waals surface area (Å²) in [5, 5.41) is 0. The van der Waals surface area contributed by atoms with E-state index in [2.05, 4.69) is 0 Å². The molecule has 0 aliphatic rings. The van der Waals surface area contributed by atoms with Gasteiger partial charge in [-0.2, -0.15) is 13.2 Å². The van der Waals surface area contributed by atoms with Crippen LogP contribution in [0.2, 0.25) is 0 Å². The summed E-state index contributed by atoms with van der Waals surface area (Å²) in [6.07, 6.45) is -4.59. The van der Waals surface area contributed by atoms with Crippen molar-refractivity contribution >= 4 is 15.7 Å². The summed E-state index contributed by atoms with van der Waals surface area (Å²) >= 11 is 0. The first-order valence-corrected chi connectivity index (χ1v) is 7.54. The molecular weight excluding hydrogens is 322 g/mol. The van der Waals surface area contributed by atoms with Crippen LogP contribution in [0.1, 0.15) is 11.1 Å². The minimum atomic E-state index is -4.59. The Morgan fingerprint density at radius 3 is 2.36 bits per heavy atom. The predicted molar refractivity (Wildman–Crippen MR) is 73.4 cm³/mol. The highest BCUT2D eigenvalue weighted by atomic mass is 32.2. The highest BCUT2D eigenvalue weighted by Gasteiger charge is 2.30. The summed E-state index contributed by atoms with van der Waals surface area (Å²) in [7, 11) is -4.19. The van der Waals surface area contributed by atoms with Crippen molar-refractivity contribution in [2.75, 3.05) is 4.72 Å². The summed E-state index contributed by atoms with van der Waals surface area (Å²) in [5.41, 5.74) is -0.956. The largest absolute Gasteiger partial charge is 0.416 e. The third-order valence-electron chi connectivity index (χ3n) is 2.88. The van der Waals surface area contributed by atoms with Crippen molar-refractivity contribution in [2.24, 2.45) is 0 Å². The monoisotopic (exact) mass is 333 g/mol. The molecule has 0 aliphatic heterocycles. The van der Waals surface area contributed by atoms with E-state index in [1.807, 2.05) is 4.72 Å². The van der Waals surface area contributed by atoms with Crippen LogP contribution in [-0.4, -0.2) is 8.42 Å². The van der Waals surface area contributed by atoms with E-state index in [9.17, 15) is 26.0 Å². The number of benzene rings is 2. The molecule has 0 aromatic heterocycles. The first-order valence-electron chi connectivity index (χ1n) is 6.06. The zero-order chi connectivity index (χ0) is 16.5. The minimum Gasteiger partial charge on any atom is -0.280 e. The first-order chi connectivity index (χ1) is 10.1. The number of halogens is 4. The van der Waals surface area contributed by atoms with Gasteiger partial charge in [-0.25, -0.2) is 12.8 Å². The minimum absolute atomic E-state index is 0.251. The maximum absolute atomic E-state index is 13.2. The van der Waals surface area contributed by atoms with Crippen LogP contribution >= 0.6 is 0 Å². The maximum atomic E-state index is 13.2. The Balaban J connectivity index is 2.39. The van der Waals surface area contributed by atoms with Crippen molar-refractivity contribution in [3.63, 3.8) is 0 Å². The van der Waals surface area contributed by atoms with Crippen LogP contribution in [0.5, 0.6) is 0 Å². The molecule has 22 heavy (non-hydrogen) atoms. The van der Waals surface area contributed by atoms with Gasteiger partial charge in [0, 0.05) is 5.69 Å². The summed E-state index contributed by atoms with van der Waals surface area (Å²) in [6, 6.07) is 6.94. The third kappa shape index (κ3) is 3.56. The molecular formula is C14H11F4NO2S. The molecule has 118 valence electrons. The van der Waals surface area contributed by atoms with Gasteiger partial charge in [0.15, 0.2) is 0 Å². The van der Waals surface area contributed by atoms with Crippen molar-refractivity contribution in [1.29, 1.82) is 0 Å². The molecule has 1 N–H and O–H groups in total. The fraction of sp³-hybridized carbons (Fsp3) is 0.143. The second kappa shape index (κ2) is 5.60. The van der Waals surface area contributed by atoms with Crippen LogP contribution in [0.25, 0.3) is 0 Å². The fourth-order valence-electron chi connectivity index (χ4n) is 1.83. The van der Waals surface area contributed by atoms with Crippen molar-refractivity contribution in [3.8, 4) is 0 Å². The zero-order valence-electron chi connectivity index (χ0n) is 11.3. The number of hydrogen-bond donors (Lipinski definition) is 1. The molecule has 2 rings (SSSR count). The van der Waals surface area contributed by atoms with Crippen LogP contribution < -0.4 is 4.72 Å². The summed E-state index contributed by atoms with van der Waals surface area (Å²) in [4.78, 5) is -0.329. The number of sulfonamides is 1. The molecule has 2 aromatic carbocycles. The van der Waals surface area contributed by atoms with E-state index in [1.54, 1.807) is 0 Å². The normalized spacial score (nSPS) is 12.2. The average Bonchev–Trinajstić information content (AvgIpc) is 2.40. The molecule has 0 aliphatic carbocycles. The van der Waals surface area contributed by atoms with E-state index in [0.717, 1.165) is 24.3 Å². The number of alkyl halides is 3. The SMILES string of the molecule is Cc1ccc(F)cc1S(=O)(=O)Nc1cccc(C(F)(F)F)c1. The molecule has 0 atom stereocenters. The van der Waals surface area contributed by atoms with E-state index >= 15 is 0 Å². The maximum Gasteiger partial charge on any atom is 0.416 e. The summed E-state index contributed by atoms with van der Waals surface area (Å²) in [5.74, 6) is -0.755. The van der Waals surface area contributed by atoms with Crippen LogP contribution in [-0.2, 0) is 16.2 Å². The highest BCUT2D eigenvalue weighted by molar-refractivity contribution is 7.92. The number of rotatable bonds is 3.